The first-order valence-electron chi connectivity index (χ1n) is 5.88. The molecule has 1 aromatic carbocycles. The van der Waals surface area contributed by atoms with E-state index >= 15 is 0 Å². The summed E-state index contributed by atoms with van der Waals surface area (Å²) in [5.41, 5.74) is 7.14. The van der Waals surface area contributed by atoms with E-state index in [9.17, 15) is 8.42 Å². The number of nitrogen functional groups attached to an aromatic ring is 1. The number of aromatic nitrogens is 1. The Balaban J connectivity index is 2.21. The first kappa shape index (κ1) is 13.6. The lowest BCUT2D eigenvalue weighted by Gasteiger charge is -2.14. The largest absolute Gasteiger partial charge is 0.399 e. The summed E-state index contributed by atoms with van der Waals surface area (Å²) in [6.45, 7) is 1.79. The predicted molar refractivity (Wildman–Crippen MR) is 75.0 cm³/mol. The fourth-order valence-corrected chi connectivity index (χ4v) is 3.12. The Bertz CT molecular complexity index is 677. The Morgan fingerprint density at radius 2 is 2.05 bits per heavy atom. The third-order valence-corrected chi connectivity index (χ3v) is 4.38. The molecule has 0 amide bonds. The zero-order chi connectivity index (χ0) is 14.0. The smallest absolute Gasteiger partial charge is 0.242 e. The van der Waals surface area contributed by atoms with Gasteiger partial charge >= 0.3 is 0 Å². The summed E-state index contributed by atoms with van der Waals surface area (Å²) in [5.74, 6) is 0. The fraction of sp³-hybridized carbons (Fsp3) is 0.231. The van der Waals surface area contributed by atoms with Gasteiger partial charge in [-0.05, 0) is 30.7 Å². The normalized spacial score (nSPS) is 13.4. The number of anilines is 1. The van der Waals surface area contributed by atoms with Gasteiger partial charge in [-0.15, -0.1) is 0 Å². The molecule has 6 heteroatoms. The zero-order valence-electron chi connectivity index (χ0n) is 10.9. The van der Waals surface area contributed by atoms with Gasteiger partial charge in [-0.25, -0.2) is 13.1 Å². The molecule has 2 rings (SSSR count). The van der Waals surface area contributed by atoms with Crippen LogP contribution in [-0.2, 0) is 17.1 Å². The molecule has 0 spiro atoms. The van der Waals surface area contributed by atoms with E-state index in [-0.39, 0.29) is 10.9 Å². The molecule has 5 nitrogen and oxygen atoms in total. The molecule has 0 saturated carbocycles. The second-order valence-electron chi connectivity index (χ2n) is 4.53. The topological polar surface area (TPSA) is 77.1 Å². The fourth-order valence-electron chi connectivity index (χ4n) is 1.83. The summed E-state index contributed by atoms with van der Waals surface area (Å²) < 4.78 is 28.6. The minimum absolute atomic E-state index is 0.255. The summed E-state index contributed by atoms with van der Waals surface area (Å²) in [6.07, 6.45) is 3.26. The third-order valence-electron chi connectivity index (χ3n) is 2.86. The summed E-state index contributed by atoms with van der Waals surface area (Å²) in [5, 5.41) is 0. The van der Waals surface area contributed by atoms with Gasteiger partial charge in [-0.1, -0.05) is 12.1 Å². The standard InChI is InChI=1S/C13H17N3O2S/c1-10(11-4-3-5-12(14)8-11)15-19(17,18)13-6-7-16(2)9-13/h3-10,15H,14H2,1-2H3. The van der Waals surface area contributed by atoms with Crippen molar-refractivity contribution in [2.45, 2.75) is 17.9 Å². The molecule has 19 heavy (non-hydrogen) atoms. The van der Waals surface area contributed by atoms with Crippen molar-refractivity contribution >= 4 is 15.7 Å². The number of sulfonamides is 1. The highest BCUT2D eigenvalue weighted by Crippen LogP contribution is 2.18. The Labute approximate surface area is 113 Å². The van der Waals surface area contributed by atoms with Gasteiger partial charge < -0.3 is 10.3 Å². The van der Waals surface area contributed by atoms with Crippen molar-refractivity contribution in [3.63, 3.8) is 0 Å². The van der Waals surface area contributed by atoms with Crippen LogP contribution in [0.1, 0.15) is 18.5 Å². The Morgan fingerprint density at radius 3 is 2.63 bits per heavy atom. The highest BCUT2D eigenvalue weighted by Gasteiger charge is 2.19. The van der Waals surface area contributed by atoms with Crippen molar-refractivity contribution in [1.82, 2.24) is 9.29 Å². The van der Waals surface area contributed by atoms with E-state index in [0.29, 0.717) is 5.69 Å². The van der Waals surface area contributed by atoms with Gasteiger partial charge in [0.1, 0.15) is 0 Å². The monoisotopic (exact) mass is 279 g/mol. The summed E-state index contributed by atoms with van der Waals surface area (Å²) in [6, 6.07) is 8.40. The highest BCUT2D eigenvalue weighted by atomic mass is 32.2. The molecule has 1 unspecified atom stereocenters. The lowest BCUT2D eigenvalue weighted by molar-refractivity contribution is 0.567. The van der Waals surface area contributed by atoms with Gasteiger partial charge in [0.25, 0.3) is 0 Å². The number of hydrogen-bond acceptors (Lipinski definition) is 3. The summed E-state index contributed by atoms with van der Waals surface area (Å²) >= 11 is 0. The quantitative estimate of drug-likeness (QED) is 0.835. The minimum Gasteiger partial charge on any atom is -0.399 e. The van der Waals surface area contributed by atoms with E-state index in [1.807, 2.05) is 6.07 Å². The molecular weight excluding hydrogens is 262 g/mol. The molecule has 0 aliphatic heterocycles. The van der Waals surface area contributed by atoms with E-state index in [4.69, 9.17) is 5.73 Å². The molecule has 0 radical (unpaired) electrons. The molecular formula is C13H17N3O2S. The van der Waals surface area contributed by atoms with Gasteiger partial charge in [0.05, 0.1) is 4.90 Å². The lowest BCUT2D eigenvalue weighted by atomic mass is 10.1. The maximum absolute atomic E-state index is 12.2. The maximum Gasteiger partial charge on any atom is 0.242 e. The van der Waals surface area contributed by atoms with Gasteiger partial charge in [0.2, 0.25) is 10.0 Å². The molecule has 2 aromatic rings. The van der Waals surface area contributed by atoms with Crippen LogP contribution in [0.2, 0.25) is 0 Å². The maximum atomic E-state index is 12.2. The number of nitrogens with one attached hydrogen (secondary N) is 1. The van der Waals surface area contributed by atoms with Crippen LogP contribution < -0.4 is 10.5 Å². The number of rotatable bonds is 4. The molecule has 3 N–H and O–H groups in total. The molecule has 0 aliphatic carbocycles. The molecule has 1 aromatic heterocycles. The van der Waals surface area contributed by atoms with E-state index in [0.717, 1.165) is 5.56 Å². The van der Waals surface area contributed by atoms with E-state index in [2.05, 4.69) is 4.72 Å². The van der Waals surface area contributed by atoms with Crippen LogP contribution in [0.5, 0.6) is 0 Å². The Morgan fingerprint density at radius 1 is 1.32 bits per heavy atom. The number of nitrogens with two attached hydrogens (primary N) is 1. The number of nitrogens with zero attached hydrogens (tertiary/aromatic N) is 1. The van der Waals surface area contributed by atoms with E-state index in [1.165, 1.54) is 0 Å². The lowest BCUT2D eigenvalue weighted by Crippen LogP contribution is -2.26. The number of hydrogen-bond donors (Lipinski definition) is 2. The van der Waals surface area contributed by atoms with Crippen LogP contribution >= 0.6 is 0 Å². The van der Waals surface area contributed by atoms with E-state index < -0.39 is 10.0 Å². The average Bonchev–Trinajstić information content (AvgIpc) is 2.76. The van der Waals surface area contributed by atoms with Crippen molar-refractivity contribution in [3.05, 3.63) is 48.3 Å². The van der Waals surface area contributed by atoms with Crippen LogP contribution in [0, 0.1) is 0 Å². The summed E-state index contributed by atoms with van der Waals surface area (Å²) in [7, 11) is -1.73. The van der Waals surface area contributed by atoms with Crippen LogP contribution in [0.15, 0.2) is 47.6 Å². The van der Waals surface area contributed by atoms with Gasteiger partial charge in [0.15, 0.2) is 0 Å². The SMILES string of the molecule is CC(NS(=O)(=O)c1ccn(C)c1)c1cccc(N)c1. The van der Waals surface area contributed by atoms with Crippen molar-refractivity contribution in [1.29, 1.82) is 0 Å². The zero-order valence-corrected chi connectivity index (χ0v) is 11.7. The van der Waals surface area contributed by atoms with Crippen molar-refractivity contribution in [2.75, 3.05) is 5.73 Å². The number of aryl methyl sites for hydroxylation is 1. The van der Waals surface area contributed by atoms with Crippen molar-refractivity contribution in [2.24, 2.45) is 7.05 Å². The molecule has 0 bridgehead atoms. The third kappa shape index (κ3) is 3.15. The van der Waals surface area contributed by atoms with Crippen LogP contribution in [0.25, 0.3) is 0 Å². The highest BCUT2D eigenvalue weighted by molar-refractivity contribution is 7.89. The van der Waals surface area contributed by atoms with Crippen LogP contribution in [-0.4, -0.2) is 13.0 Å². The molecule has 0 aliphatic rings. The average molecular weight is 279 g/mol. The second kappa shape index (κ2) is 5.07. The summed E-state index contributed by atoms with van der Waals surface area (Å²) in [4.78, 5) is 0.255. The first-order chi connectivity index (χ1) is 8.88. The van der Waals surface area contributed by atoms with Crippen molar-refractivity contribution in [3.8, 4) is 0 Å². The van der Waals surface area contributed by atoms with Gasteiger partial charge in [-0.3, -0.25) is 0 Å². The second-order valence-corrected chi connectivity index (χ2v) is 6.24. The molecule has 0 fully saturated rings. The predicted octanol–water partition coefficient (Wildman–Crippen LogP) is 1.65. The number of benzene rings is 1. The molecule has 0 saturated heterocycles. The van der Waals surface area contributed by atoms with Crippen molar-refractivity contribution < 1.29 is 8.42 Å². The molecule has 1 heterocycles. The van der Waals surface area contributed by atoms with Gasteiger partial charge in [-0.2, -0.15) is 0 Å². The van der Waals surface area contributed by atoms with Crippen LogP contribution in [0.4, 0.5) is 5.69 Å². The Kier molecular flexibility index (Phi) is 3.64. The van der Waals surface area contributed by atoms with Crippen LogP contribution in [0.3, 0.4) is 0 Å². The van der Waals surface area contributed by atoms with E-state index in [1.54, 1.807) is 55.2 Å². The Hall–Kier alpha value is -1.79. The molecule has 102 valence electrons. The minimum atomic E-state index is -3.51. The first-order valence-corrected chi connectivity index (χ1v) is 7.36. The van der Waals surface area contributed by atoms with Gasteiger partial charge in [0, 0.05) is 31.2 Å². The molecule has 1 atom stereocenters.